The minimum atomic E-state index is -3.72. The molecule has 10 heteroatoms. The van der Waals surface area contributed by atoms with E-state index >= 15 is 0 Å². The highest BCUT2D eigenvalue weighted by Crippen LogP contribution is 2.28. The van der Waals surface area contributed by atoms with Gasteiger partial charge in [0.2, 0.25) is 15.9 Å². The Morgan fingerprint density at radius 1 is 1.24 bits per heavy atom. The van der Waals surface area contributed by atoms with Crippen LogP contribution in [0.3, 0.4) is 0 Å². The molecule has 0 unspecified atom stereocenters. The molecule has 0 saturated carbocycles. The third kappa shape index (κ3) is 4.16. The van der Waals surface area contributed by atoms with Crippen molar-refractivity contribution in [3.63, 3.8) is 0 Å². The highest BCUT2D eigenvalue weighted by molar-refractivity contribution is 7.89. The molecule has 158 valence electrons. The van der Waals surface area contributed by atoms with Crippen LogP contribution in [0.1, 0.15) is 32.6 Å². The van der Waals surface area contributed by atoms with E-state index in [4.69, 9.17) is 0 Å². The average molecular weight is 438 g/mol. The zero-order valence-corrected chi connectivity index (χ0v) is 18.2. The van der Waals surface area contributed by atoms with E-state index < -0.39 is 10.0 Å². The van der Waals surface area contributed by atoms with Crippen molar-refractivity contribution >= 4 is 38.7 Å². The van der Waals surface area contributed by atoms with Crippen molar-refractivity contribution in [1.82, 2.24) is 23.3 Å². The van der Waals surface area contributed by atoms with Gasteiger partial charge in [-0.1, -0.05) is 13.0 Å². The van der Waals surface area contributed by atoms with Crippen molar-refractivity contribution in [2.45, 2.75) is 43.5 Å². The van der Waals surface area contributed by atoms with Crippen molar-refractivity contribution < 1.29 is 13.2 Å². The van der Waals surface area contributed by atoms with Gasteiger partial charge in [-0.3, -0.25) is 9.69 Å². The summed E-state index contributed by atoms with van der Waals surface area (Å²) >= 11 is 1.00. The Bertz CT molecular complexity index is 977. The minimum absolute atomic E-state index is 0.0404. The lowest BCUT2D eigenvalue weighted by Gasteiger charge is -2.32. The first-order valence-corrected chi connectivity index (χ1v) is 12.4. The zero-order chi connectivity index (χ0) is 20.4. The molecule has 0 aliphatic carbocycles. The van der Waals surface area contributed by atoms with E-state index in [1.54, 1.807) is 18.2 Å². The molecule has 0 bridgehead atoms. The number of hydrogen-bond donors (Lipinski definition) is 1. The maximum absolute atomic E-state index is 13.2. The Kier molecular flexibility index (Phi) is 6.14. The summed E-state index contributed by atoms with van der Waals surface area (Å²) in [6.45, 7) is 5.50. The number of sulfonamides is 1. The summed E-state index contributed by atoms with van der Waals surface area (Å²) < 4.78 is 36.2. The number of hydrogen-bond acceptors (Lipinski definition) is 7. The Balaban J connectivity index is 1.43. The molecule has 0 radical (unpaired) electrons. The Morgan fingerprint density at radius 2 is 2.07 bits per heavy atom. The van der Waals surface area contributed by atoms with Gasteiger partial charge in [-0.25, -0.2) is 8.42 Å². The number of likely N-dealkylation sites (N-methyl/N-ethyl adjacent to an activating group) is 1. The molecule has 1 aromatic carbocycles. The second kappa shape index (κ2) is 8.63. The normalized spacial score (nSPS) is 24.2. The van der Waals surface area contributed by atoms with E-state index in [1.165, 1.54) is 10.7 Å². The third-order valence-corrected chi connectivity index (χ3v) is 8.48. The molecule has 2 fully saturated rings. The van der Waals surface area contributed by atoms with E-state index in [0.29, 0.717) is 43.0 Å². The van der Waals surface area contributed by atoms with Gasteiger partial charge >= 0.3 is 0 Å². The Morgan fingerprint density at radius 3 is 2.90 bits per heavy atom. The van der Waals surface area contributed by atoms with Gasteiger partial charge in [-0.05, 0) is 50.9 Å². The number of aromatic nitrogens is 2. The molecular formula is C19H27N5O3S2. The maximum atomic E-state index is 13.2. The summed E-state index contributed by atoms with van der Waals surface area (Å²) in [5.41, 5.74) is 0.990. The number of nitrogens with zero attached hydrogens (tertiary/aromatic N) is 4. The van der Waals surface area contributed by atoms with Crippen LogP contribution in [0.5, 0.6) is 0 Å². The van der Waals surface area contributed by atoms with Crippen LogP contribution in [-0.4, -0.2) is 71.0 Å². The van der Waals surface area contributed by atoms with Crippen molar-refractivity contribution in [3.05, 3.63) is 18.2 Å². The highest BCUT2D eigenvalue weighted by atomic mass is 32.2. The number of likely N-dealkylation sites (tertiary alicyclic amines) is 1. The number of nitrogens with one attached hydrogen (secondary N) is 1. The molecule has 29 heavy (non-hydrogen) atoms. The molecule has 4 rings (SSSR count). The quantitative estimate of drug-likeness (QED) is 0.739. The van der Waals surface area contributed by atoms with E-state index in [2.05, 4.69) is 25.9 Å². The number of amides is 1. The summed E-state index contributed by atoms with van der Waals surface area (Å²) in [5, 5.41) is 3.07. The fraction of sp³-hybridized carbons (Fsp3) is 0.632. The smallest absolute Gasteiger partial charge is 0.245 e. The largest absolute Gasteiger partial charge is 0.354 e. The molecular weight excluding hydrogens is 410 g/mol. The van der Waals surface area contributed by atoms with Crippen LogP contribution in [0, 0.1) is 5.92 Å². The van der Waals surface area contributed by atoms with Gasteiger partial charge in [-0.2, -0.15) is 13.1 Å². The number of carbonyl (C=O) groups excluding carboxylic acids is 1. The monoisotopic (exact) mass is 437 g/mol. The third-order valence-electron chi connectivity index (χ3n) is 6.04. The van der Waals surface area contributed by atoms with Crippen LogP contribution in [-0.2, 0) is 14.8 Å². The van der Waals surface area contributed by atoms with Crippen LogP contribution in [0.2, 0.25) is 0 Å². The summed E-state index contributed by atoms with van der Waals surface area (Å²) in [7, 11) is -3.72. The predicted octanol–water partition coefficient (Wildman–Crippen LogP) is 1.69. The van der Waals surface area contributed by atoms with Gasteiger partial charge in [0, 0.05) is 25.7 Å². The summed E-state index contributed by atoms with van der Waals surface area (Å²) in [6.07, 6.45) is 3.65. The molecule has 1 amide bonds. The van der Waals surface area contributed by atoms with Crippen LogP contribution in [0.15, 0.2) is 23.1 Å². The molecule has 1 N–H and O–H groups in total. The fourth-order valence-electron chi connectivity index (χ4n) is 4.41. The number of carbonyl (C=O) groups is 1. The van der Waals surface area contributed by atoms with Gasteiger partial charge in [0.15, 0.2) is 0 Å². The van der Waals surface area contributed by atoms with Gasteiger partial charge in [-0.15, -0.1) is 0 Å². The molecule has 2 aliphatic heterocycles. The van der Waals surface area contributed by atoms with Crippen molar-refractivity contribution in [2.75, 3.05) is 32.7 Å². The first kappa shape index (κ1) is 20.6. The summed E-state index contributed by atoms with van der Waals surface area (Å²) in [4.78, 5) is 15.3. The zero-order valence-electron chi connectivity index (χ0n) is 16.6. The first-order valence-electron chi connectivity index (χ1n) is 10.2. The number of benzene rings is 1. The van der Waals surface area contributed by atoms with Gasteiger partial charge < -0.3 is 5.32 Å². The van der Waals surface area contributed by atoms with E-state index in [1.807, 2.05) is 0 Å². The second-order valence-corrected chi connectivity index (χ2v) is 10.2. The topological polar surface area (TPSA) is 95.5 Å². The van der Waals surface area contributed by atoms with E-state index in [0.717, 1.165) is 31.2 Å². The van der Waals surface area contributed by atoms with E-state index in [-0.39, 0.29) is 23.3 Å². The predicted molar refractivity (Wildman–Crippen MR) is 112 cm³/mol. The average Bonchev–Trinajstić information content (AvgIpc) is 3.40. The number of rotatable bonds is 6. The second-order valence-electron chi connectivity index (χ2n) is 7.76. The van der Waals surface area contributed by atoms with Crippen molar-refractivity contribution in [2.24, 2.45) is 5.92 Å². The SMILES string of the molecule is CCN1CCC[C@@H]1CNC(=O)[C@H]1CCCN(S(=O)(=O)c2cccc3nsnc23)C1. The lowest BCUT2D eigenvalue weighted by atomic mass is 9.98. The van der Waals surface area contributed by atoms with Gasteiger partial charge in [0.1, 0.15) is 15.9 Å². The molecule has 2 atom stereocenters. The van der Waals surface area contributed by atoms with Crippen molar-refractivity contribution in [3.8, 4) is 0 Å². The summed E-state index contributed by atoms with van der Waals surface area (Å²) in [6, 6.07) is 5.41. The van der Waals surface area contributed by atoms with Crippen LogP contribution in [0.25, 0.3) is 11.0 Å². The van der Waals surface area contributed by atoms with Gasteiger partial charge in [0.25, 0.3) is 0 Å². The lowest BCUT2D eigenvalue weighted by Crippen LogP contribution is -2.47. The Hall–Kier alpha value is -1.62. The highest BCUT2D eigenvalue weighted by Gasteiger charge is 2.35. The van der Waals surface area contributed by atoms with E-state index in [9.17, 15) is 13.2 Å². The first-order chi connectivity index (χ1) is 14.0. The van der Waals surface area contributed by atoms with Crippen LogP contribution >= 0.6 is 11.7 Å². The van der Waals surface area contributed by atoms with Gasteiger partial charge in [0.05, 0.1) is 17.6 Å². The molecule has 8 nitrogen and oxygen atoms in total. The fourth-order valence-corrected chi connectivity index (χ4v) is 6.69. The minimum Gasteiger partial charge on any atom is -0.354 e. The maximum Gasteiger partial charge on any atom is 0.245 e. The standard InChI is InChI=1S/C19H27N5O3S2/c1-2-23-10-5-7-15(23)12-20-19(25)14-6-4-11-24(13-14)29(26,27)17-9-3-8-16-18(17)22-28-21-16/h3,8-9,14-15H,2,4-7,10-13H2,1H3,(H,20,25)/t14-,15+/m0/s1. The van der Waals surface area contributed by atoms with Crippen molar-refractivity contribution in [1.29, 1.82) is 0 Å². The molecule has 2 aromatic rings. The Labute approximate surface area is 175 Å². The number of fused-ring (bicyclic) bond motifs is 1. The van der Waals surface area contributed by atoms with Crippen LogP contribution in [0.4, 0.5) is 0 Å². The molecule has 2 saturated heterocycles. The molecule has 3 heterocycles. The molecule has 0 spiro atoms. The molecule has 1 aromatic heterocycles. The summed E-state index contributed by atoms with van der Waals surface area (Å²) in [5.74, 6) is -0.357. The van der Waals surface area contributed by atoms with Crippen LogP contribution < -0.4 is 5.32 Å². The lowest BCUT2D eigenvalue weighted by molar-refractivity contribution is -0.126. The molecule has 2 aliphatic rings. The number of piperidine rings is 1.